The average molecular weight is 154 g/mol. The van der Waals surface area contributed by atoms with Crippen molar-refractivity contribution in [2.45, 2.75) is 13.8 Å². The second kappa shape index (κ2) is 4.44. The summed E-state index contributed by atoms with van der Waals surface area (Å²) in [5, 5.41) is 0. The first kappa shape index (κ1) is 9.62. The molecule has 0 fully saturated rings. The van der Waals surface area contributed by atoms with Crippen LogP contribution in [0.5, 0.6) is 0 Å². The number of rotatable bonds is 2. The first-order valence-electron chi connectivity index (χ1n) is 3.12. The van der Waals surface area contributed by atoms with E-state index in [0.29, 0.717) is 0 Å². The molecule has 0 aromatic heterocycles. The molecule has 0 rings (SSSR count). The summed E-state index contributed by atoms with van der Waals surface area (Å²) in [5.41, 5.74) is 0.211. The number of hydrogen-bond donors (Lipinski definition) is 0. The molecule has 0 aromatic rings. The summed E-state index contributed by atoms with van der Waals surface area (Å²) >= 11 is 0. The highest BCUT2D eigenvalue weighted by atomic mass is 16.6. The summed E-state index contributed by atoms with van der Waals surface area (Å²) in [6.07, 6.45) is 2.66. The van der Waals surface area contributed by atoms with Gasteiger partial charge in [0.05, 0.1) is 0 Å². The second-order valence-corrected chi connectivity index (χ2v) is 1.99. The molecule has 0 spiro atoms. The standard InChI is InChI=1S/C8H10O3/c1-4-5-7(9)11-8(10)6(2)3/h4-5H,2H2,1,3H3. The van der Waals surface area contributed by atoms with Crippen molar-refractivity contribution in [3.63, 3.8) is 0 Å². The molecular weight excluding hydrogens is 144 g/mol. The summed E-state index contributed by atoms with van der Waals surface area (Å²) < 4.78 is 4.29. The van der Waals surface area contributed by atoms with Crippen LogP contribution in [0.25, 0.3) is 0 Å². The van der Waals surface area contributed by atoms with E-state index in [1.54, 1.807) is 6.92 Å². The molecule has 0 aliphatic rings. The van der Waals surface area contributed by atoms with Gasteiger partial charge in [-0.25, -0.2) is 9.59 Å². The Labute approximate surface area is 65.4 Å². The van der Waals surface area contributed by atoms with Gasteiger partial charge in [-0.1, -0.05) is 12.7 Å². The first-order chi connectivity index (χ1) is 5.07. The predicted octanol–water partition coefficient (Wildman–Crippen LogP) is 1.21. The lowest BCUT2D eigenvalue weighted by Crippen LogP contribution is -2.09. The van der Waals surface area contributed by atoms with E-state index in [4.69, 9.17) is 0 Å². The highest BCUT2D eigenvalue weighted by Crippen LogP contribution is 1.92. The van der Waals surface area contributed by atoms with Crippen molar-refractivity contribution in [3.05, 3.63) is 24.3 Å². The number of hydrogen-bond acceptors (Lipinski definition) is 3. The highest BCUT2D eigenvalue weighted by molar-refractivity contribution is 5.98. The van der Waals surface area contributed by atoms with Crippen molar-refractivity contribution < 1.29 is 14.3 Å². The minimum Gasteiger partial charge on any atom is -0.386 e. The van der Waals surface area contributed by atoms with Crippen molar-refractivity contribution in [3.8, 4) is 0 Å². The zero-order chi connectivity index (χ0) is 8.85. The van der Waals surface area contributed by atoms with Crippen LogP contribution < -0.4 is 0 Å². The van der Waals surface area contributed by atoms with Crippen molar-refractivity contribution in [2.75, 3.05) is 0 Å². The lowest BCUT2D eigenvalue weighted by molar-refractivity contribution is -0.153. The molecule has 0 aromatic carbocycles. The lowest BCUT2D eigenvalue weighted by atomic mass is 10.4. The van der Waals surface area contributed by atoms with Gasteiger partial charge in [0.15, 0.2) is 0 Å². The van der Waals surface area contributed by atoms with Gasteiger partial charge >= 0.3 is 11.9 Å². The van der Waals surface area contributed by atoms with Crippen molar-refractivity contribution >= 4 is 11.9 Å². The zero-order valence-corrected chi connectivity index (χ0v) is 6.59. The Morgan fingerprint density at radius 3 is 2.36 bits per heavy atom. The van der Waals surface area contributed by atoms with Crippen LogP contribution in [0, 0.1) is 0 Å². The predicted molar refractivity (Wildman–Crippen MR) is 40.7 cm³/mol. The molecule has 3 heteroatoms. The van der Waals surface area contributed by atoms with Crippen molar-refractivity contribution in [2.24, 2.45) is 0 Å². The molecule has 0 bridgehead atoms. The molecule has 0 aliphatic heterocycles. The Kier molecular flexibility index (Phi) is 3.88. The van der Waals surface area contributed by atoms with Crippen LogP contribution in [-0.4, -0.2) is 11.9 Å². The minimum absolute atomic E-state index is 0.211. The van der Waals surface area contributed by atoms with Gasteiger partial charge in [-0.15, -0.1) is 0 Å². The summed E-state index contributed by atoms with van der Waals surface area (Å²) in [6.45, 7) is 6.45. The fourth-order valence-electron chi connectivity index (χ4n) is 0.349. The molecule has 0 saturated carbocycles. The van der Waals surface area contributed by atoms with E-state index in [-0.39, 0.29) is 5.57 Å². The summed E-state index contributed by atoms with van der Waals surface area (Å²) in [4.78, 5) is 21.2. The van der Waals surface area contributed by atoms with E-state index in [9.17, 15) is 9.59 Å². The van der Waals surface area contributed by atoms with Gasteiger partial charge in [0.1, 0.15) is 0 Å². The zero-order valence-electron chi connectivity index (χ0n) is 6.59. The van der Waals surface area contributed by atoms with Gasteiger partial charge in [-0.05, 0) is 13.8 Å². The van der Waals surface area contributed by atoms with Crippen LogP contribution in [0.1, 0.15) is 13.8 Å². The average Bonchev–Trinajstić information content (AvgIpc) is 1.87. The largest absolute Gasteiger partial charge is 0.386 e. The molecule has 0 atom stereocenters. The van der Waals surface area contributed by atoms with Gasteiger partial charge in [-0.3, -0.25) is 0 Å². The lowest BCUT2D eigenvalue weighted by Gasteiger charge is -1.96. The van der Waals surface area contributed by atoms with Gasteiger partial charge in [-0.2, -0.15) is 0 Å². The molecule has 0 unspecified atom stereocenters. The summed E-state index contributed by atoms with van der Waals surface area (Å²) in [6, 6.07) is 0. The Balaban J connectivity index is 3.96. The monoisotopic (exact) mass is 154 g/mol. The maximum Gasteiger partial charge on any atom is 0.340 e. The number of carbonyl (C=O) groups is 2. The smallest absolute Gasteiger partial charge is 0.340 e. The third-order valence-electron chi connectivity index (χ3n) is 0.845. The maximum absolute atomic E-state index is 10.7. The minimum atomic E-state index is -0.687. The Morgan fingerprint density at radius 1 is 1.45 bits per heavy atom. The Morgan fingerprint density at radius 2 is 2.00 bits per heavy atom. The molecule has 0 N–H and O–H groups in total. The molecule has 3 nitrogen and oxygen atoms in total. The Hall–Kier alpha value is -1.38. The third kappa shape index (κ3) is 4.08. The maximum atomic E-state index is 10.7. The molecular formula is C8H10O3. The fourth-order valence-corrected chi connectivity index (χ4v) is 0.349. The Bertz CT molecular complexity index is 213. The topological polar surface area (TPSA) is 43.4 Å². The van der Waals surface area contributed by atoms with E-state index in [0.717, 1.165) is 0 Å². The van der Waals surface area contributed by atoms with Gasteiger partial charge in [0.25, 0.3) is 0 Å². The van der Waals surface area contributed by atoms with Crippen molar-refractivity contribution in [1.82, 2.24) is 0 Å². The number of carbonyl (C=O) groups excluding carboxylic acids is 2. The van der Waals surface area contributed by atoms with E-state index < -0.39 is 11.9 Å². The third-order valence-corrected chi connectivity index (χ3v) is 0.845. The van der Waals surface area contributed by atoms with Crippen LogP contribution in [0.3, 0.4) is 0 Å². The summed E-state index contributed by atoms with van der Waals surface area (Å²) in [5.74, 6) is -1.35. The van der Waals surface area contributed by atoms with E-state index in [1.807, 2.05) is 0 Å². The quantitative estimate of drug-likeness (QED) is 0.341. The van der Waals surface area contributed by atoms with Crippen LogP contribution >= 0.6 is 0 Å². The normalized spacial score (nSPS) is 9.64. The molecule has 0 aliphatic carbocycles. The van der Waals surface area contributed by atoms with Crippen LogP contribution in [0.15, 0.2) is 24.3 Å². The van der Waals surface area contributed by atoms with Gasteiger partial charge in [0, 0.05) is 11.6 Å². The molecule has 0 heterocycles. The van der Waals surface area contributed by atoms with E-state index >= 15 is 0 Å². The molecule has 0 saturated heterocycles. The van der Waals surface area contributed by atoms with Crippen LogP contribution in [0.4, 0.5) is 0 Å². The van der Waals surface area contributed by atoms with Crippen molar-refractivity contribution in [1.29, 1.82) is 0 Å². The van der Waals surface area contributed by atoms with Gasteiger partial charge in [0.2, 0.25) is 0 Å². The second-order valence-electron chi connectivity index (χ2n) is 1.99. The van der Waals surface area contributed by atoms with Crippen LogP contribution in [0.2, 0.25) is 0 Å². The highest BCUT2D eigenvalue weighted by Gasteiger charge is 2.06. The number of allylic oxidation sites excluding steroid dienone is 1. The van der Waals surface area contributed by atoms with E-state index in [2.05, 4.69) is 11.3 Å². The molecule has 0 amide bonds. The van der Waals surface area contributed by atoms with Crippen LogP contribution in [-0.2, 0) is 14.3 Å². The molecule has 11 heavy (non-hydrogen) atoms. The van der Waals surface area contributed by atoms with E-state index in [1.165, 1.54) is 19.1 Å². The fraction of sp³-hybridized carbons (Fsp3) is 0.250. The molecule has 60 valence electrons. The number of ether oxygens (including phenoxy) is 1. The summed E-state index contributed by atoms with van der Waals surface area (Å²) in [7, 11) is 0. The molecule has 0 radical (unpaired) electrons. The van der Waals surface area contributed by atoms with Gasteiger partial charge < -0.3 is 4.74 Å². The number of esters is 2. The first-order valence-corrected chi connectivity index (χ1v) is 3.12. The SMILES string of the molecule is C=C(C)C(=O)OC(=O)C=CC.